The Labute approximate surface area is 135 Å². The van der Waals surface area contributed by atoms with Crippen molar-refractivity contribution in [2.75, 3.05) is 20.3 Å². The van der Waals surface area contributed by atoms with Crippen molar-refractivity contribution in [3.8, 4) is 0 Å². The van der Waals surface area contributed by atoms with Crippen LogP contribution in [0.25, 0.3) is 0 Å². The summed E-state index contributed by atoms with van der Waals surface area (Å²) >= 11 is 0. The average Bonchev–Trinajstić information content (AvgIpc) is 2.55. The van der Waals surface area contributed by atoms with Crippen LogP contribution in [0.5, 0.6) is 0 Å². The fourth-order valence-corrected chi connectivity index (χ4v) is 2.93. The first kappa shape index (κ1) is 17.4. The Morgan fingerprint density at radius 2 is 1.87 bits per heavy atom. The van der Waals surface area contributed by atoms with Crippen LogP contribution in [0.1, 0.15) is 30.9 Å². The highest BCUT2D eigenvalue weighted by atomic mass is 16.5. The Hall–Kier alpha value is -1.92. The number of hydrogen-bond donors (Lipinski definition) is 2. The van der Waals surface area contributed by atoms with Crippen molar-refractivity contribution < 1.29 is 29.3 Å². The van der Waals surface area contributed by atoms with E-state index < -0.39 is 23.0 Å². The Morgan fingerprint density at radius 1 is 1.26 bits per heavy atom. The van der Waals surface area contributed by atoms with Gasteiger partial charge in [-0.25, -0.2) is 0 Å². The molecule has 1 aromatic carbocycles. The molecule has 1 saturated heterocycles. The Morgan fingerprint density at radius 3 is 2.39 bits per heavy atom. The van der Waals surface area contributed by atoms with E-state index >= 15 is 0 Å². The smallest absolute Gasteiger partial charge is 0.321 e. The molecule has 1 aromatic rings. The van der Waals surface area contributed by atoms with Crippen molar-refractivity contribution in [3.05, 3.63) is 35.4 Å². The molecule has 0 bridgehead atoms. The molecule has 6 heteroatoms. The maximum atomic E-state index is 11.4. The van der Waals surface area contributed by atoms with Crippen LogP contribution < -0.4 is 0 Å². The van der Waals surface area contributed by atoms with Gasteiger partial charge in [-0.3, -0.25) is 9.59 Å². The first-order valence-electron chi connectivity index (χ1n) is 7.53. The van der Waals surface area contributed by atoms with Crippen LogP contribution in [-0.2, 0) is 31.1 Å². The number of rotatable bonds is 6. The van der Waals surface area contributed by atoms with Crippen LogP contribution in [0.3, 0.4) is 0 Å². The third-order valence-corrected chi connectivity index (χ3v) is 4.65. The maximum absolute atomic E-state index is 11.4. The van der Waals surface area contributed by atoms with Crippen LogP contribution in [-0.4, -0.2) is 42.5 Å². The fourth-order valence-electron chi connectivity index (χ4n) is 2.93. The van der Waals surface area contributed by atoms with E-state index in [1.54, 1.807) is 13.2 Å². The molecular weight excluding hydrogens is 300 g/mol. The van der Waals surface area contributed by atoms with E-state index in [1.165, 1.54) is 6.92 Å². The summed E-state index contributed by atoms with van der Waals surface area (Å²) in [5, 5.41) is 18.5. The SMILES string of the molecule is COC1(c2cccc(CC(C)(C(=O)O)C(=O)O)c2)CCOCC1. The average molecular weight is 322 g/mol. The topological polar surface area (TPSA) is 93.1 Å². The quantitative estimate of drug-likeness (QED) is 0.779. The molecule has 0 amide bonds. The molecule has 1 aliphatic rings. The lowest BCUT2D eigenvalue weighted by atomic mass is 9.81. The number of aliphatic carboxylic acids is 2. The van der Waals surface area contributed by atoms with Crippen LogP contribution >= 0.6 is 0 Å². The van der Waals surface area contributed by atoms with Gasteiger partial charge in [0, 0.05) is 33.2 Å². The summed E-state index contributed by atoms with van der Waals surface area (Å²) in [7, 11) is 1.65. The zero-order valence-electron chi connectivity index (χ0n) is 13.4. The van der Waals surface area contributed by atoms with Crippen molar-refractivity contribution in [3.63, 3.8) is 0 Å². The van der Waals surface area contributed by atoms with Gasteiger partial charge in [0.2, 0.25) is 0 Å². The molecule has 0 radical (unpaired) electrons. The minimum Gasteiger partial charge on any atom is -0.480 e. The van der Waals surface area contributed by atoms with Gasteiger partial charge in [0.25, 0.3) is 0 Å². The van der Waals surface area contributed by atoms with E-state index in [0.29, 0.717) is 31.6 Å². The number of carbonyl (C=O) groups is 2. The van der Waals surface area contributed by atoms with Crippen molar-refractivity contribution in [2.45, 2.75) is 31.8 Å². The van der Waals surface area contributed by atoms with E-state index in [1.807, 2.05) is 18.2 Å². The number of ether oxygens (including phenoxy) is 2. The van der Waals surface area contributed by atoms with E-state index in [-0.39, 0.29) is 6.42 Å². The normalized spacial score (nSPS) is 17.7. The molecule has 0 atom stereocenters. The van der Waals surface area contributed by atoms with Crippen molar-refractivity contribution in [2.24, 2.45) is 5.41 Å². The zero-order chi connectivity index (χ0) is 17.1. The van der Waals surface area contributed by atoms with Crippen LogP contribution in [0.15, 0.2) is 24.3 Å². The summed E-state index contributed by atoms with van der Waals surface area (Å²) in [6.07, 6.45) is 1.34. The number of hydrogen-bond acceptors (Lipinski definition) is 4. The number of carboxylic acids is 2. The molecule has 126 valence electrons. The Balaban J connectivity index is 2.33. The van der Waals surface area contributed by atoms with Gasteiger partial charge in [-0.2, -0.15) is 0 Å². The lowest BCUT2D eigenvalue weighted by molar-refractivity contribution is -0.163. The third-order valence-electron chi connectivity index (χ3n) is 4.65. The molecule has 0 unspecified atom stereocenters. The number of benzene rings is 1. The van der Waals surface area contributed by atoms with E-state index in [9.17, 15) is 19.8 Å². The predicted molar refractivity (Wildman–Crippen MR) is 82.3 cm³/mol. The van der Waals surface area contributed by atoms with Crippen LogP contribution in [0.2, 0.25) is 0 Å². The van der Waals surface area contributed by atoms with Gasteiger partial charge >= 0.3 is 11.9 Å². The third kappa shape index (κ3) is 3.38. The molecule has 6 nitrogen and oxygen atoms in total. The second-order valence-corrected chi connectivity index (χ2v) is 6.13. The molecule has 2 rings (SSSR count). The van der Waals surface area contributed by atoms with Gasteiger partial charge < -0.3 is 19.7 Å². The maximum Gasteiger partial charge on any atom is 0.321 e. The van der Waals surface area contributed by atoms with Gasteiger partial charge in [0.05, 0.1) is 5.60 Å². The Bertz CT molecular complexity index is 575. The first-order chi connectivity index (χ1) is 10.8. The van der Waals surface area contributed by atoms with Crippen molar-refractivity contribution in [1.29, 1.82) is 0 Å². The molecule has 1 heterocycles. The summed E-state index contributed by atoms with van der Waals surface area (Å²) in [5.74, 6) is -2.69. The zero-order valence-corrected chi connectivity index (χ0v) is 13.4. The van der Waals surface area contributed by atoms with E-state index in [4.69, 9.17) is 9.47 Å². The minimum atomic E-state index is -1.85. The minimum absolute atomic E-state index is 0.0815. The monoisotopic (exact) mass is 322 g/mol. The van der Waals surface area contributed by atoms with Crippen LogP contribution in [0.4, 0.5) is 0 Å². The standard InChI is InChI=1S/C17H22O6/c1-16(14(18)19,15(20)21)11-12-4-3-5-13(10-12)17(22-2)6-8-23-9-7-17/h3-5,10H,6-9,11H2,1-2H3,(H,18,19)(H,20,21). The highest BCUT2D eigenvalue weighted by molar-refractivity contribution is 5.98. The summed E-state index contributed by atoms with van der Waals surface area (Å²) in [6.45, 7) is 2.42. The molecule has 0 spiro atoms. The second-order valence-electron chi connectivity index (χ2n) is 6.13. The Kier molecular flexibility index (Phi) is 5.06. The van der Waals surface area contributed by atoms with E-state index in [0.717, 1.165) is 5.56 Å². The number of methoxy groups -OCH3 is 1. The fraction of sp³-hybridized carbons (Fsp3) is 0.529. The summed E-state index contributed by atoms with van der Waals surface area (Å²) < 4.78 is 11.1. The molecule has 1 fully saturated rings. The van der Waals surface area contributed by atoms with Gasteiger partial charge in [-0.05, 0) is 24.5 Å². The van der Waals surface area contributed by atoms with Crippen molar-refractivity contribution in [1.82, 2.24) is 0 Å². The molecular formula is C17H22O6. The largest absolute Gasteiger partial charge is 0.480 e. The molecule has 0 aromatic heterocycles. The van der Waals surface area contributed by atoms with Gasteiger partial charge in [0.15, 0.2) is 5.41 Å². The second kappa shape index (κ2) is 6.68. The summed E-state index contributed by atoms with van der Waals surface area (Å²) in [5.41, 5.74) is -0.720. The lowest BCUT2D eigenvalue weighted by Gasteiger charge is -2.36. The molecule has 0 saturated carbocycles. The highest BCUT2D eigenvalue weighted by Gasteiger charge is 2.42. The highest BCUT2D eigenvalue weighted by Crippen LogP contribution is 2.36. The summed E-state index contributed by atoms with van der Waals surface area (Å²) in [4.78, 5) is 22.7. The molecule has 23 heavy (non-hydrogen) atoms. The van der Waals surface area contributed by atoms with Crippen LogP contribution in [0, 0.1) is 5.41 Å². The molecule has 2 N–H and O–H groups in total. The first-order valence-corrected chi connectivity index (χ1v) is 7.53. The lowest BCUT2D eigenvalue weighted by Crippen LogP contribution is -2.39. The van der Waals surface area contributed by atoms with Gasteiger partial charge in [0.1, 0.15) is 0 Å². The molecule has 0 aliphatic carbocycles. The summed E-state index contributed by atoms with van der Waals surface area (Å²) in [6, 6.07) is 7.33. The van der Waals surface area contributed by atoms with Gasteiger partial charge in [-0.1, -0.05) is 24.3 Å². The molecule has 1 aliphatic heterocycles. The number of carboxylic acid groups (broad SMARTS) is 2. The van der Waals surface area contributed by atoms with Gasteiger partial charge in [-0.15, -0.1) is 0 Å². The predicted octanol–water partition coefficient (Wildman–Crippen LogP) is 2.06. The van der Waals surface area contributed by atoms with E-state index in [2.05, 4.69) is 0 Å². The van der Waals surface area contributed by atoms with Crippen molar-refractivity contribution >= 4 is 11.9 Å².